The topological polar surface area (TPSA) is 307 Å². The Morgan fingerprint density at radius 1 is 0.389 bits per heavy atom. The minimum absolute atomic E-state index is 0.239. The van der Waals surface area contributed by atoms with Gasteiger partial charge in [0, 0.05) is 6.42 Å². The summed E-state index contributed by atoms with van der Waals surface area (Å²) in [5.74, 6) is -0.263. The summed E-state index contributed by atoms with van der Waals surface area (Å²) < 4.78 is 34.5. The fraction of sp³-hybridized carbons (Fsp3) is 0.803. The van der Waals surface area contributed by atoms with E-state index in [4.69, 9.17) is 28.4 Å². The average molecular weight is 1350 g/mol. The van der Waals surface area contributed by atoms with Gasteiger partial charge in [0.15, 0.2) is 18.9 Å². The molecule has 550 valence electrons. The molecule has 17 unspecified atom stereocenters. The lowest BCUT2D eigenvalue weighted by Gasteiger charge is -2.48. The van der Waals surface area contributed by atoms with Crippen LogP contribution in [0.3, 0.4) is 0 Å². The lowest BCUT2D eigenvalue weighted by atomic mass is 9.96. The summed E-state index contributed by atoms with van der Waals surface area (Å²) in [6.07, 6.45) is 46.5. The predicted molar refractivity (Wildman–Crippen MR) is 374 cm³/mol. The Kier molecular flexibility index (Phi) is 51.4. The second-order valence-electron chi connectivity index (χ2n) is 26.4. The molecule has 0 aromatic carbocycles. The van der Waals surface area contributed by atoms with Gasteiger partial charge in [0.25, 0.3) is 0 Å². The third kappa shape index (κ3) is 37.8. The van der Waals surface area contributed by atoms with E-state index in [9.17, 15) is 61.0 Å². The van der Waals surface area contributed by atoms with E-state index in [0.29, 0.717) is 12.8 Å². The summed E-state index contributed by atoms with van der Waals surface area (Å²) in [6.45, 7) is 1.69. The molecule has 3 fully saturated rings. The van der Waals surface area contributed by atoms with E-state index in [1.807, 2.05) is 0 Å². The van der Waals surface area contributed by atoms with Crippen LogP contribution in [0.25, 0.3) is 0 Å². The van der Waals surface area contributed by atoms with Crippen molar-refractivity contribution < 1.29 is 89.4 Å². The Hall–Kier alpha value is -3.03. The van der Waals surface area contributed by atoms with Gasteiger partial charge in [-0.3, -0.25) is 4.79 Å². The van der Waals surface area contributed by atoms with Crippen molar-refractivity contribution in [1.82, 2.24) is 5.32 Å². The summed E-state index contributed by atoms with van der Waals surface area (Å²) >= 11 is 0. The van der Waals surface area contributed by atoms with E-state index in [1.54, 1.807) is 0 Å². The van der Waals surface area contributed by atoms with Crippen LogP contribution in [0, 0.1) is 0 Å². The Labute approximate surface area is 571 Å². The van der Waals surface area contributed by atoms with Crippen LogP contribution in [-0.4, -0.2) is 193 Å². The molecule has 0 spiro atoms. The number of ether oxygens (including phenoxy) is 6. The molecule has 0 radical (unpaired) electrons. The van der Waals surface area contributed by atoms with Crippen molar-refractivity contribution in [1.29, 1.82) is 0 Å². The summed E-state index contributed by atoms with van der Waals surface area (Å²) in [5.41, 5.74) is 0. The van der Waals surface area contributed by atoms with E-state index < -0.39 is 124 Å². The number of amides is 1. The van der Waals surface area contributed by atoms with Crippen LogP contribution >= 0.6 is 0 Å². The Morgan fingerprint density at radius 3 is 1.14 bits per heavy atom. The monoisotopic (exact) mass is 1350 g/mol. The van der Waals surface area contributed by atoms with E-state index in [2.05, 4.69) is 104 Å². The van der Waals surface area contributed by atoms with Crippen LogP contribution in [0.4, 0.5) is 0 Å². The molecule has 3 rings (SSSR count). The van der Waals surface area contributed by atoms with Crippen LogP contribution in [0.1, 0.15) is 258 Å². The van der Waals surface area contributed by atoms with Crippen molar-refractivity contribution in [2.24, 2.45) is 0 Å². The molecular weight excluding hydrogens is 1210 g/mol. The maximum absolute atomic E-state index is 13.5. The highest BCUT2D eigenvalue weighted by atomic mass is 16.8. The first kappa shape index (κ1) is 86.2. The minimum atomic E-state index is -1.98. The first-order valence-corrected chi connectivity index (χ1v) is 37.3. The van der Waals surface area contributed by atoms with Crippen molar-refractivity contribution >= 4 is 5.91 Å². The molecule has 0 bridgehead atoms. The number of carbonyl (C=O) groups excluding carboxylic acids is 1. The van der Waals surface area contributed by atoms with Gasteiger partial charge >= 0.3 is 0 Å². The zero-order valence-electron chi connectivity index (χ0n) is 58.4. The smallest absolute Gasteiger partial charge is 0.220 e. The van der Waals surface area contributed by atoms with Crippen LogP contribution in [0.15, 0.2) is 85.1 Å². The van der Waals surface area contributed by atoms with Crippen molar-refractivity contribution in [3.63, 3.8) is 0 Å². The van der Waals surface area contributed by atoms with Gasteiger partial charge in [0.2, 0.25) is 5.91 Å². The summed E-state index contributed by atoms with van der Waals surface area (Å²) in [7, 11) is 0. The fourth-order valence-corrected chi connectivity index (χ4v) is 12.2. The highest BCUT2D eigenvalue weighted by Gasteiger charge is 2.53. The molecule has 1 amide bonds. The molecular formula is C76H133NO18. The molecule has 3 saturated heterocycles. The first-order valence-electron chi connectivity index (χ1n) is 37.3. The van der Waals surface area contributed by atoms with Gasteiger partial charge in [-0.15, -0.1) is 0 Å². The van der Waals surface area contributed by atoms with Gasteiger partial charge < -0.3 is 89.9 Å². The summed E-state index contributed by atoms with van der Waals surface area (Å²) in [5, 5.41) is 121. The number of unbranched alkanes of at least 4 members (excludes halogenated alkanes) is 27. The predicted octanol–water partition coefficient (Wildman–Crippen LogP) is 11.1. The number of aliphatic hydroxyl groups excluding tert-OH is 11. The van der Waals surface area contributed by atoms with Crippen molar-refractivity contribution in [3.05, 3.63) is 85.1 Å². The number of allylic oxidation sites excluding steroid dienone is 14. The number of hydrogen-bond donors (Lipinski definition) is 12. The molecule has 3 aliphatic heterocycles. The van der Waals surface area contributed by atoms with Crippen LogP contribution < -0.4 is 5.32 Å². The molecule has 17 atom stereocenters. The van der Waals surface area contributed by atoms with Gasteiger partial charge in [0.05, 0.1) is 38.6 Å². The quantitative estimate of drug-likeness (QED) is 0.0199. The first-order chi connectivity index (χ1) is 46.3. The average Bonchev–Trinajstić information content (AvgIpc) is 0.787. The van der Waals surface area contributed by atoms with Gasteiger partial charge in [0.1, 0.15) is 73.2 Å². The fourth-order valence-electron chi connectivity index (χ4n) is 12.2. The maximum atomic E-state index is 13.5. The van der Waals surface area contributed by atoms with Crippen molar-refractivity contribution in [2.45, 2.75) is 362 Å². The Morgan fingerprint density at radius 2 is 0.726 bits per heavy atom. The largest absolute Gasteiger partial charge is 0.394 e. The van der Waals surface area contributed by atoms with Gasteiger partial charge in [-0.05, 0) is 70.6 Å². The second kappa shape index (κ2) is 56.7. The molecule has 0 aliphatic carbocycles. The Bertz CT molecular complexity index is 2050. The third-order valence-electron chi connectivity index (χ3n) is 18.2. The SMILES string of the molecule is CC/C=C\C/C=C\C/C=C\C/C=C\C/C=C\C/C=C\C/C=C\CCCCCCCC(=O)NC(COC1OC(CO)C(OC2OC(CO)C(OC3OC(CO)C(O)C(O)C3O)C(O)C2O)C(O)C1O)C(O)CCCCCCCCCCCCCCCCCCCCCCCCC. The molecule has 0 saturated carbocycles. The molecule has 19 nitrogen and oxygen atoms in total. The van der Waals surface area contributed by atoms with Gasteiger partial charge in [-0.2, -0.15) is 0 Å². The number of carbonyl (C=O) groups is 1. The summed E-state index contributed by atoms with van der Waals surface area (Å²) in [4.78, 5) is 13.5. The molecule has 0 aromatic heterocycles. The van der Waals surface area contributed by atoms with Crippen molar-refractivity contribution in [2.75, 3.05) is 26.4 Å². The molecule has 12 N–H and O–H groups in total. The molecule has 95 heavy (non-hydrogen) atoms. The minimum Gasteiger partial charge on any atom is -0.394 e. The summed E-state index contributed by atoms with van der Waals surface area (Å²) in [6, 6.07) is -0.905. The highest BCUT2D eigenvalue weighted by Crippen LogP contribution is 2.33. The van der Waals surface area contributed by atoms with Crippen LogP contribution in [0.5, 0.6) is 0 Å². The van der Waals surface area contributed by atoms with Gasteiger partial charge in [-0.1, -0.05) is 266 Å². The van der Waals surface area contributed by atoms with Crippen LogP contribution in [0.2, 0.25) is 0 Å². The maximum Gasteiger partial charge on any atom is 0.220 e. The number of hydrogen-bond acceptors (Lipinski definition) is 18. The van der Waals surface area contributed by atoms with Gasteiger partial charge in [-0.25, -0.2) is 0 Å². The number of rotatable bonds is 57. The lowest BCUT2D eigenvalue weighted by Crippen LogP contribution is -2.66. The Balaban J connectivity index is 1.42. The zero-order valence-corrected chi connectivity index (χ0v) is 58.4. The molecule has 3 heterocycles. The number of nitrogens with one attached hydrogen (secondary N) is 1. The van der Waals surface area contributed by atoms with Crippen molar-refractivity contribution in [3.8, 4) is 0 Å². The van der Waals surface area contributed by atoms with E-state index in [-0.39, 0.29) is 18.9 Å². The highest BCUT2D eigenvalue weighted by molar-refractivity contribution is 5.76. The second-order valence-corrected chi connectivity index (χ2v) is 26.4. The number of aliphatic hydroxyl groups is 11. The molecule has 3 aliphatic rings. The van der Waals surface area contributed by atoms with Crippen LogP contribution in [-0.2, 0) is 33.2 Å². The lowest BCUT2D eigenvalue weighted by molar-refractivity contribution is -0.379. The normalized spacial score (nSPS) is 27.7. The van der Waals surface area contributed by atoms with E-state index >= 15 is 0 Å². The molecule has 19 heteroatoms. The zero-order chi connectivity index (χ0) is 68.9. The standard InChI is InChI=1S/C76H133NO18/c1-3-5-7-9-11-13-15-17-19-21-23-25-27-28-29-30-32-34-36-38-40-42-44-46-48-50-52-54-64(82)77-59(60(81)53-51-49-47-45-43-41-39-37-35-33-31-26-24-22-20-18-16-14-12-10-8-6-4-2)58-90-74-70(88)67(85)72(62(56-79)92-74)95-76-71(89)68(86)73(63(57-80)93-76)94-75-69(87)66(84)65(83)61(55-78)91-75/h5,7,11,13,17,19,23,25,28-29,32,34,38,40,59-63,65-76,78-81,83-89H,3-4,6,8-10,12,14-16,18,20-22,24,26-27,30-31,33,35-37,39,41-58H2,1-2H3,(H,77,82)/b7-5-,13-11-,19-17-,25-23-,29-28-,34-32-,40-38-. The third-order valence-corrected chi connectivity index (χ3v) is 18.2. The molecule has 0 aromatic rings. The van der Waals surface area contributed by atoms with E-state index in [0.717, 1.165) is 103 Å². The van der Waals surface area contributed by atoms with E-state index in [1.165, 1.54) is 122 Å².